The molecule has 0 aliphatic heterocycles. The fourth-order valence-corrected chi connectivity index (χ4v) is 2.55. The summed E-state index contributed by atoms with van der Waals surface area (Å²) in [4.78, 5) is 0.101. The molecule has 0 fully saturated rings. The quantitative estimate of drug-likeness (QED) is 0.880. The number of primary sulfonamides is 1. The van der Waals surface area contributed by atoms with E-state index in [0.29, 0.717) is 6.54 Å². The summed E-state index contributed by atoms with van der Waals surface area (Å²) in [5.41, 5.74) is 1.65. The molecule has 0 heterocycles. The van der Waals surface area contributed by atoms with Gasteiger partial charge in [-0.25, -0.2) is 13.6 Å². The third kappa shape index (κ3) is 5.58. The van der Waals surface area contributed by atoms with Gasteiger partial charge >= 0.3 is 0 Å². The second kappa shape index (κ2) is 6.60. The summed E-state index contributed by atoms with van der Waals surface area (Å²) >= 11 is 0. The molecule has 0 atom stereocenters. The number of ether oxygens (including phenoxy) is 1. The van der Waals surface area contributed by atoms with Crippen molar-refractivity contribution in [3.63, 3.8) is 0 Å². The molecule has 0 saturated carbocycles. The molecule has 3 N–H and O–H groups in total. The smallest absolute Gasteiger partial charge is 0.238 e. The molecule has 0 spiro atoms. The monoisotopic (exact) mass is 334 g/mol. The lowest BCUT2D eigenvalue weighted by molar-refractivity contribution is 0.131. The van der Waals surface area contributed by atoms with Gasteiger partial charge < -0.3 is 10.1 Å². The van der Waals surface area contributed by atoms with E-state index in [9.17, 15) is 8.42 Å². The SMILES string of the molecule is CC(C)(C)Oc1cccc(CNc2ccc(S(N)(=O)=O)cc2)c1. The van der Waals surface area contributed by atoms with Gasteiger partial charge in [-0.15, -0.1) is 0 Å². The van der Waals surface area contributed by atoms with Crippen LogP contribution in [0.3, 0.4) is 0 Å². The van der Waals surface area contributed by atoms with Crippen LogP contribution >= 0.6 is 0 Å². The minimum absolute atomic E-state index is 0.101. The Hall–Kier alpha value is -2.05. The Morgan fingerprint density at radius 1 is 1.09 bits per heavy atom. The van der Waals surface area contributed by atoms with Crippen LogP contribution < -0.4 is 15.2 Å². The maximum atomic E-state index is 11.2. The standard InChI is InChI=1S/C17H22N2O3S/c1-17(2,3)22-15-6-4-5-13(11-15)12-19-14-7-9-16(10-8-14)23(18,20)21/h4-11,19H,12H2,1-3H3,(H2,18,20,21). The molecule has 0 radical (unpaired) electrons. The molecule has 124 valence electrons. The Kier molecular flexibility index (Phi) is 4.97. The molecular weight excluding hydrogens is 312 g/mol. The normalized spacial score (nSPS) is 12.0. The molecule has 2 aromatic rings. The average Bonchev–Trinajstić information content (AvgIpc) is 2.43. The van der Waals surface area contributed by atoms with Crippen molar-refractivity contribution in [2.75, 3.05) is 5.32 Å². The van der Waals surface area contributed by atoms with Crippen LogP contribution in [-0.2, 0) is 16.6 Å². The van der Waals surface area contributed by atoms with Crippen molar-refractivity contribution in [2.45, 2.75) is 37.8 Å². The zero-order valence-corrected chi connectivity index (χ0v) is 14.4. The van der Waals surface area contributed by atoms with Crippen molar-refractivity contribution in [1.82, 2.24) is 0 Å². The summed E-state index contributed by atoms with van der Waals surface area (Å²) in [5, 5.41) is 8.32. The maximum Gasteiger partial charge on any atom is 0.238 e. The summed E-state index contributed by atoms with van der Waals surface area (Å²) in [6.07, 6.45) is 0. The molecule has 0 unspecified atom stereocenters. The van der Waals surface area contributed by atoms with Crippen LogP contribution in [0.5, 0.6) is 5.75 Å². The van der Waals surface area contributed by atoms with Gasteiger partial charge in [-0.3, -0.25) is 0 Å². The number of benzene rings is 2. The highest BCUT2D eigenvalue weighted by atomic mass is 32.2. The maximum absolute atomic E-state index is 11.2. The topological polar surface area (TPSA) is 81.4 Å². The molecule has 0 amide bonds. The van der Waals surface area contributed by atoms with Gasteiger partial charge in [0, 0.05) is 12.2 Å². The molecule has 0 aromatic heterocycles. The van der Waals surface area contributed by atoms with Crippen molar-refractivity contribution in [3.8, 4) is 5.75 Å². The van der Waals surface area contributed by atoms with E-state index < -0.39 is 10.0 Å². The predicted octanol–water partition coefficient (Wildman–Crippen LogP) is 3.12. The van der Waals surface area contributed by atoms with E-state index in [4.69, 9.17) is 9.88 Å². The van der Waals surface area contributed by atoms with Crippen molar-refractivity contribution in [3.05, 3.63) is 54.1 Å². The van der Waals surface area contributed by atoms with Crippen molar-refractivity contribution >= 4 is 15.7 Å². The third-order valence-corrected chi connectivity index (χ3v) is 3.93. The lowest BCUT2D eigenvalue weighted by Gasteiger charge is -2.21. The van der Waals surface area contributed by atoms with E-state index in [1.165, 1.54) is 12.1 Å². The number of hydrogen-bond acceptors (Lipinski definition) is 4. The van der Waals surface area contributed by atoms with Gasteiger partial charge in [0.1, 0.15) is 11.4 Å². The van der Waals surface area contributed by atoms with Crippen molar-refractivity contribution < 1.29 is 13.2 Å². The van der Waals surface area contributed by atoms with Gasteiger partial charge in [0.15, 0.2) is 0 Å². The predicted molar refractivity (Wildman–Crippen MR) is 92.0 cm³/mol. The molecule has 5 nitrogen and oxygen atoms in total. The van der Waals surface area contributed by atoms with Gasteiger partial charge in [-0.05, 0) is 62.7 Å². The Morgan fingerprint density at radius 3 is 2.30 bits per heavy atom. The number of hydrogen-bond donors (Lipinski definition) is 2. The zero-order valence-electron chi connectivity index (χ0n) is 13.5. The number of rotatable bonds is 5. The van der Waals surface area contributed by atoms with Crippen molar-refractivity contribution in [1.29, 1.82) is 0 Å². The Bertz CT molecular complexity index is 763. The molecule has 2 aromatic carbocycles. The molecule has 6 heteroatoms. The number of nitrogens with one attached hydrogen (secondary N) is 1. The van der Waals surface area contributed by atoms with Gasteiger partial charge in [0.25, 0.3) is 0 Å². The van der Waals surface area contributed by atoms with E-state index in [0.717, 1.165) is 17.0 Å². The highest BCUT2D eigenvalue weighted by molar-refractivity contribution is 7.89. The second-order valence-electron chi connectivity index (χ2n) is 6.28. The highest BCUT2D eigenvalue weighted by Crippen LogP contribution is 2.20. The number of anilines is 1. The Labute approximate surface area is 137 Å². The second-order valence-corrected chi connectivity index (χ2v) is 7.85. The van der Waals surface area contributed by atoms with E-state index in [-0.39, 0.29) is 10.5 Å². The minimum Gasteiger partial charge on any atom is -0.488 e. The molecule has 0 aliphatic rings. The van der Waals surface area contributed by atoms with Gasteiger partial charge in [-0.1, -0.05) is 12.1 Å². The first kappa shape index (κ1) is 17.3. The lowest BCUT2D eigenvalue weighted by atomic mass is 10.1. The van der Waals surface area contributed by atoms with E-state index in [2.05, 4.69) is 5.32 Å². The highest BCUT2D eigenvalue weighted by Gasteiger charge is 2.11. The molecule has 0 aliphatic carbocycles. The van der Waals surface area contributed by atoms with Crippen LogP contribution in [0, 0.1) is 0 Å². The van der Waals surface area contributed by atoms with E-state index >= 15 is 0 Å². The number of nitrogens with two attached hydrogens (primary N) is 1. The first-order valence-corrected chi connectivity index (χ1v) is 8.83. The average molecular weight is 334 g/mol. The van der Waals surface area contributed by atoms with Crippen LogP contribution in [-0.4, -0.2) is 14.0 Å². The van der Waals surface area contributed by atoms with Crippen LogP contribution in [0.25, 0.3) is 0 Å². The summed E-state index contributed by atoms with van der Waals surface area (Å²) < 4.78 is 28.3. The van der Waals surface area contributed by atoms with Gasteiger partial charge in [0.05, 0.1) is 4.90 Å². The van der Waals surface area contributed by atoms with Crippen LogP contribution in [0.2, 0.25) is 0 Å². The lowest BCUT2D eigenvalue weighted by Crippen LogP contribution is -2.23. The summed E-state index contributed by atoms with van der Waals surface area (Å²) in [7, 11) is -3.65. The summed E-state index contributed by atoms with van der Waals surface area (Å²) in [6, 6.07) is 14.2. The fourth-order valence-electron chi connectivity index (χ4n) is 2.04. The van der Waals surface area contributed by atoms with Gasteiger partial charge in [-0.2, -0.15) is 0 Å². The first-order chi connectivity index (χ1) is 10.6. The Morgan fingerprint density at radius 2 is 1.74 bits per heavy atom. The summed E-state index contributed by atoms with van der Waals surface area (Å²) in [6.45, 7) is 6.62. The third-order valence-electron chi connectivity index (χ3n) is 3.00. The van der Waals surface area contributed by atoms with Crippen molar-refractivity contribution in [2.24, 2.45) is 5.14 Å². The van der Waals surface area contributed by atoms with Gasteiger partial charge in [0.2, 0.25) is 10.0 Å². The number of sulfonamides is 1. The van der Waals surface area contributed by atoms with Crippen LogP contribution in [0.15, 0.2) is 53.4 Å². The minimum atomic E-state index is -3.65. The summed E-state index contributed by atoms with van der Waals surface area (Å²) in [5.74, 6) is 0.821. The first-order valence-electron chi connectivity index (χ1n) is 7.28. The fraction of sp³-hybridized carbons (Fsp3) is 0.294. The van der Waals surface area contributed by atoms with E-state index in [1.807, 2.05) is 45.0 Å². The van der Waals surface area contributed by atoms with Crippen LogP contribution in [0.1, 0.15) is 26.3 Å². The van der Waals surface area contributed by atoms with E-state index in [1.54, 1.807) is 12.1 Å². The molecule has 0 bridgehead atoms. The van der Waals surface area contributed by atoms with Crippen LogP contribution in [0.4, 0.5) is 5.69 Å². The largest absolute Gasteiger partial charge is 0.488 e. The molecular formula is C17H22N2O3S. The Balaban J connectivity index is 2.02. The molecule has 23 heavy (non-hydrogen) atoms. The molecule has 2 rings (SSSR count). The zero-order chi connectivity index (χ0) is 17.1. The molecule has 0 saturated heterocycles.